The molecule has 278 valence electrons. The normalized spacial score (nSPS) is 12.3. The molecule has 17 heteroatoms. The van der Waals surface area contributed by atoms with Gasteiger partial charge in [0.1, 0.15) is 47.4 Å². The minimum absolute atomic E-state index is 0.00769. The third-order valence-corrected chi connectivity index (χ3v) is 9.17. The van der Waals surface area contributed by atoms with Crippen LogP contribution < -0.4 is 30.4 Å². The smallest absolute Gasteiger partial charge is 0.336 e. The predicted octanol–water partition coefficient (Wildman–Crippen LogP) is 4.18. The summed E-state index contributed by atoms with van der Waals surface area (Å²) in [4.78, 5) is 59.6. The summed E-state index contributed by atoms with van der Waals surface area (Å²) in [6, 6.07) is 14.0. The van der Waals surface area contributed by atoms with Crippen LogP contribution in [0.25, 0.3) is 44.8 Å². The molecule has 8 rings (SSSR count). The summed E-state index contributed by atoms with van der Waals surface area (Å²) in [7, 11) is 3.76. The van der Waals surface area contributed by atoms with Gasteiger partial charge in [-0.2, -0.15) is 0 Å². The Hall–Kier alpha value is -6.65. The summed E-state index contributed by atoms with van der Waals surface area (Å²) < 4.78 is 26.6. The molecule has 54 heavy (non-hydrogen) atoms. The molecule has 6 N–H and O–H groups in total. The highest BCUT2D eigenvalue weighted by Gasteiger charge is 2.28. The Morgan fingerprint density at radius 3 is 1.89 bits per heavy atom. The zero-order valence-electron chi connectivity index (χ0n) is 29.1. The number of methoxy groups -OCH3 is 2. The number of carboxylic acid groups (broad SMARTS) is 1. The number of aryl methyl sites for hydroxylation is 2. The maximum absolute atomic E-state index is 12.7. The Morgan fingerprint density at radius 2 is 1.35 bits per heavy atom. The summed E-state index contributed by atoms with van der Waals surface area (Å²) in [6.07, 6.45) is 0.645. The molecule has 0 atom stereocenters. The summed E-state index contributed by atoms with van der Waals surface area (Å²) >= 11 is 6.98. The van der Waals surface area contributed by atoms with Crippen LogP contribution in [-0.2, 0) is 13.1 Å². The van der Waals surface area contributed by atoms with Gasteiger partial charge in [0, 0.05) is 31.3 Å². The number of nitrogens with two attached hydrogens (primary N) is 2. The van der Waals surface area contributed by atoms with Gasteiger partial charge in [0.15, 0.2) is 17.8 Å². The van der Waals surface area contributed by atoms with E-state index in [1.54, 1.807) is 45.5 Å². The fourth-order valence-corrected chi connectivity index (χ4v) is 6.80. The zero-order chi connectivity index (χ0) is 38.8. The van der Waals surface area contributed by atoms with E-state index in [1.165, 1.54) is 32.4 Å². The highest BCUT2D eigenvalue weighted by molar-refractivity contribution is 6.35. The highest BCUT2D eigenvalue weighted by atomic mass is 35.5. The van der Waals surface area contributed by atoms with Crippen molar-refractivity contribution < 1.29 is 48.3 Å². The highest BCUT2D eigenvalue weighted by Crippen LogP contribution is 2.42. The molecule has 0 radical (unpaired) electrons. The standard InChI is InChI=1S/C36H29ClN6O9.CH4O/c1-49-30-20(32(38)45)6-8-23-28(30)40-34-19-5-4-18(15-22(19)36(47)48)51-13-14-52-25-10-3-17(16-44)26(27(25)37)35-41-29-24(43(35)12-11-42(23)34)9-7-21(33(39)46)31(29)50-2;1-2/h3-10,15-16H,11-14H2,1-2H3,(H2,38,45)(H2,39,46)(H,47,48);2H,1H3. The number of ether oxygens (including phenoxy) is 4. The fraction of sp³-hybridized carbons (Fsp3) is 0.189. The Morgan fingerprint density at radius 1 is 0.796 bits per heavy atom. The van der Waals surface area contributed by atoms with E-state index in [-0.39, 0.29) is 110 Å². The van der Waals surface area contributed by atoms with Crippen LogP contribution in [0, 0.1) is 0 Å². The first kappa shape index (κ1) is 37.1. The summed E-state index contributed by atoms with van der Waals surface area (Å²) in [5, 5.41) is 17.4. The van der Waals surface area contributed by atoms with Crippen LogP contribution in [0.1, 0.15) is 41.4 Å². The predicted molar refractivity (Wildman–Crippen MR) is 197 cm³/mol. The van der Waals surface area contributed by atoms with Crippen molar-refractivity contribution in [2.75, 3.05) is 34.5 Å². The Kier molecular flexibility index (Phi) is 10.4. The molecule has 16 nitrogen and oxygen atoms in total. The number of hydrogen-bond acceptors (Lipinski definition) is 11. The molecule has 6 aromatic rings. The molecular formula is C37H33ClN6O10. The van der Waals surface area contributed by atoms with Gasteiger partial charge in [-0.15, -0.1) is 0 Å². The number of aliphatic hydroxyl groups is 1. The number of rotatable bonds is 6. The molecule has 2 aromatic heterocycles. The van der Waals surface area contributed by atoms with Gasteiger partial charge >= 0.3 is 5.97 Å². The number of hydrogen-bond donors (Lipinski definition) is 4. The quantitative estimate of drug-likeness (QED) is 0.175. The van der Waals surface area contributed by atoms with E-state index in [2.05, 4.69) is 0 Å². The molecule has 2 aliphatic heterocycles. The van der Waals surface area contributed by atoms with Gasteiger partial charge in [0.05, 0.1) is 52.5 Å². The molecule has 0 aliphatic carbocycles. The zero-order valence-corrected chi connectivity index (χ0v) is 29.8. The Bertz CT molecular complexity index is 2490. The summed E-state index contributed by atoms with van der Waals surface area (Å²) in [6.45, 7) is 0.252. The van der Waals surface area contributed by atoms with Gasteiger partial charge < -0.3 is 49.8 Å². The van der Waals surface area contributed by atoms with Gasteiger partial charge in [0.25, 0.3) is 11.8 Å². The van der Waals surface area contributed by atoms with Crippen LogP contribution in [-0.4, -0.2) is 87.9 Å². The minimum atomic E-state index is -1.23. The molecule has 0 saturated heterocycles. The van der Waals surface area contributed by atoms with E-state index in [4.69, 9.17) is 57.1 Å². The van der Waals surface area contributed by atoms with Gasteiger partial charge in [0.2, 0.25) is 0 Å². The number of aromatic carboxylic acids is 1. The van der Waals surface area contributed by atoms with Gasteiger partial charge in [-0.05, 0) is 54.6 Å². The molecule has 2 amide bonds. The average Bonchev–Trinajstić information content (AvgIpc) is 3.73. The van der Waals surface area contributed by atoms with E-state index in [1.807, 2.05) is 0 Å². The molecule has 4 heterocycles. The number of nitrogens with zero attached hydrogens (tertiary/aromatic N) is 4. The van der Waals surface area contributed by atoms with Crippen LogP contribution in [0.2, 0.25) is 5.02 Å². The first-order chi connectivity index (χ1) is 26.1. The third kappa shape index (κ3) is 6.26. The topological polar surface area (TPSA) is 233 Å². The van der Waals surface area contributed by atoms with Crippen LogP contribution in [0.3, 0.4) is 0 Å². The number of benzene rings is 4. The average molecular weight is 757 g/mol. The Labute approximate surface area is 311 Å². The van der Waals surface area contributed by atoms with Crippen molar-refractivity contribution in [3.05, 3.63) is 81.9 Å². The van der Waals surface area contributed by atoms with Crippen molar-refractivity contribution in [2.45, 2.75) is 13.1 Å². The van der Waals surface area contributed by atoms with E-state index in [0.29, 0.717) is 17.3 Å². The minimum Gasteiger partial charge on any atom is -0.494 e. The number of aldehydes is 1. The number of carbonyl (C=O) groups excluding carboxylic acids is 3. The molecule has 0 spiro atoms. The number of fused-ring (bicyclic) bond motifs is 8. The first-order valence-electron chi connectivity index (χ1n) is 16.2. The number of halogens is 1. The number of imidazole rings is 2. The lowest BCUT2D eigenvalue weighted by Gasteiger charge is -2.16. The molecule has 2 aliphatic rings. The van der Waals surface area contributed by atoms with Gasteiger partial charge in [-0.3, -0.25) is 14.4 Å². The van der Waals surface area contributed by atoms with Gasteiger partial charge in [-0.25, -0.2) is 14.8 Å². The number of aliphatic hydroxyl groups excluding tert-OH is 1. The van der Waals surface area contributed by atoms with E-state index in [0.717, 1.165) is 7.11 Å². The number of amides is 2. The van der Waals surface area contributed by atoms with Crippen molar-refractivity contribution in [2.24, 2.45) is 11.5 Å². The lowest BCUT2D eigenvalue weighted by molar-refractivity contribution is 0.0696. The van der Waals surface area contributed by atoms with E-state index in [9.17, 15) is 24.3 Å². The monoisotopic (exact) mass is 756 g/mol. The number of carboxylic acids is 1. The molecule has 0 unspecified atom stereocenters. The fourth-order valence-electron chi connectivity index (χ4n) is 6.49. The number of aromatic nitrogens is 4. The third-order valence-electron chi connectivity index (χ3n) is 8.80. The maximum atomic E-state index is 12.7. The van der Waals surface area contributed by atoms with E-state index >= 15 is 0 Å². The molecular weight excluding hydrogens is 724 g/mol. The maximum Gasteiger partial charge on any atom is 0.336 e. The molecule has 0 saturated carbocycles. The lowest BCUT2D eigenvalue weighted by atomic mass is 10.1. The van der Waals surface area contributed by atoms with Crippen LogP contribution in [0.15, 0.2) is 54.6 Å². The molecule has 0 fully saturated rings. The van der Waals surface area contributed by atoms with Crippen LogP contribution in [0.4, 0.5) is 0 Å². The van der Waals surface area contributed by atoms with Crippen molar-refractivity contribution >= 4 is 57.7 Å². The second-order valence-electron chi connectivity index (χ2n) is 11.6. The molecule has 4 bridgehead atoms. The van der Waals surface area contributed by atoms with Crippen LogP contribution in [0.5, 0.6) is 23.0 Å². The number of primary amides is 2. The number of carbonyl (C=O) groups is 4. The van der Waals surface area contributed by atoms with E-state index < -0.39 is 17.8 Å². The van der Waals surface area contributed by atoms with Crippen molar-refractivity contribution in [3.8, 4) is 45.8 Å². The molecule has 4 aromatic carbocycles. The largest absolute Gasteiger partial charge is 0.494 e. The van der Waals surface area contributed by atoms with Crippen molar-refractivity contribution in [1.29, 1.82) is 0 Å². The lowest BCUT2D eigenvalue weighted by Crippen LogP contribution is -2.13. The first-order valence-corrected chi connectivity index (χ1v) is 16.6. The van der Waals surface area contributed by atoms with Crippen LogP contribution >= 0.6 is 11.6 Å². The summed E-state index contributed by atoms with van der Waals surface area (Å²) in [5.74, 6) is -1.50. The van der Waals surface area contributed by atoms with Crippen molar-refractivity contribution in [1.82, 2.24) is 19.1 Å². The Balaban J connectivity index is 0.00000245. The van der Waals surface area contributed by atoms with Gasteiger partial charge in [-0.1, -0.05) is 11.6 Å². The second kappa shape index (κ2) is 15.1. The summed E-state index contributed by atoms with van der Waals surface area (Å²) in [5.41, 5.74) is 13.6. The second-order valence-corrected chi connectivity index (χ2v) is 12.0. The van der Waals surface area contributed by atoms with Crippen molar-refractivity contribution in [3.63, 3.8) is 0 Å². The SMILES string of the molecule is CO.COc1c(C(N)=O)ccc2c1nc1n2CCn2c(nc3c(OC)c(C(N)=O)ccc32)-c2c(C=O)ccc(c2Cl)OCCOc2ccc-1c(C(=O)O)c2.